The standard InChI is InChI=1S/C19H17BCl2F3NO3/c1-18(2)16-14(20(27)29-18)4-3-13(17(16)24)15(26-28)8-19(25,9-23)10-5-11(21)7-12(22)6-10/h3-7,27-28H,8-9H2,1-2H3/b26-15+. The van der Waals surface area contributed by atoms with Gasteiger partial charge in [-0.25, -0.2) is 13.2 Å². The van der Waals surface area contributed by atoms with Crippen molar-refractivity contribution in [1.29, 1.82) is 0 Å². The summed E-state index contributed by atoms with van der Waals surface area (Å²) < 4.78 is 49.8. The topological polar surface area (TPSA) is 62.0 Å². The van der Waals surface area contributed by atoms with E-state index in [1.807, 2.05) is 0 Å². The summed E-state index contributed by atoms with van der Waals surface area (Å²) in [5.41, 5.74) is -4.37. The lowest BCUT2D eigenvalue weighted by molar-refractivity contribution is 0.0973. The van der Waals surface area contributed by atoms with Crippen LogP contribution in [-0.2, 0) is 15.9 Å². The maximum atomic E-state index is 15.5. The van der Waals surface area contributed by atoms with E-state index in [0.717, 1.165) is 0 Å². The molecule has 0 saturated carbocycles. The zero-order chi connectivity index (χ0) is 21.6. The quantitative estimate of drug-likeness (QED) is 0.308. The Labute approximate surface area is 176 Å². The van der Waals surface area contributed by atoms with Gasteiger partial charge in [-0.15, -0.1) is 0 Å². The third kappa shape index (κ3) is 3.99. The maximum Gasteiger partial charge on any atom is 0.492 e. The van der Waals surface area contributed by atoms with Gasteiger partial charge in [0.05, 0.1) is 11.3 Å². The molecule has 0 amide bonds. The predicted octanol–water partition coefficient (Wildman–Crippen LogP) is 4.49. The van der Waals surface area contributed by atoms with Gasteiger partial charge in [0, 0.05) is 27.6 Å². The molecule has 3 rings (SSSR count). The van der Waals surface area contributed by atoms with Crippen molar-refractivity contribution in [3.05, 3.63) is 62.9 Å². The first-order chi connectivity index (χ1) is 13.5. The van der Waals surface area contributed by atoms with Crippen LogP contribution in [-0.4, -0.2) is 29.7 Å². The lowest BCUT2D eigenvalue weighted by Crippen LogP contribution is -2.30. The predicted molar refractivity (Wildman–Crippen MR) is 106 cm³/mol. The molecular weight excluding hydrogens is 429 g/mol. The maximum absolute atomic E-state index is 15.5. The average molecular weight is 446 g/mol. The molecule has 0 fully saturated rings. The van der Waals surface area contributed by atoms with Crippen LogP contribution in [0.15, 0.2) is 35.5 Å². The van der Waals surface area contributed by atoms with Gasteiger partial charge in [-0.1, -0.05) is 40.5 Å². The number of hydrogen-bond acceptors (Lipinski definition) is 4. The molecule has 0 bridgehead atoms. The Balaban J connectivity index is 2.05. The molecule has 0 aromatic heterocycles. The molecule has 1 unspecified atom stereocenters. The summed E-state index contributed by atoms with van der Waals surface area (Å²) in [7, 11) is -1.32. The Kier molecular flexibility index (Phi) is 5.93. The molecule has 1 aliphatic rings. The van der Waals surface area contributed by atoms with E-state index in [4.69, 9.17) is 27.9 Å². The van der Waals surface area contributed by atoms with Crippen LogP contribution >= 0.6 is 23.2 Å². The summed E-state index contributed by atoms with van der Waals surface area (Å²) in [5.74, 6) is -0.845. The molecule has 0 spiro atoms. The van der Waals surface area contributed by atoms with Gasteiger partial charge in [-0.2, -0.15) is 0 Å². The Bertz CT molecular complexity index is 969. The molecule has 2 N–H and O–H groups in total. The minimum absolute atomic E-state index is 0.0548. The van der Waals surface area contributed by atoms with Gasteiger partial charge in [0.1, 0.15) is 12.5 Å². The summed E-state index contributed by atoms with van der Waals surface area (Å²) in [6.45, 7) is 1.63. The largest absolute Gasteiger partial charge is 0.492 e. The summed E-state index contributed by atoms with van der Waals surface area (Å²) in [6, 6.07) is 6.38. The first kappa shape index (κ1) is 22.0. The van der Waals surface area contributed by atoms with E-state index in [2.05, 4.69) is 5.16 Å². The van der Waals surface area contributed by atoms with E-state index < -0.39 is 43.0 Å². The number of benzene rings is 2. The smallest absolute Gasteiger partial charge is 0.423 e. The number of oxime groups is 1. The minimum Gasteiger partial charge on any atom is -0.423 e. The van der Waals surface area contributed by atoms with Gasteiger partial charge in [0.2, 0.25) is 0 Å². The molecule has 4 nitrogen and oxygen atoms in total. The van der Waals surface area contributed by atoms with Crippen LogP contribution in [0.25, 0.3) is 0 Å². The highest BCUT2D eigenvalue weighted by atomic mass is 35.5. The zero-order valence-corrected chi connectivity index (χ0v) is 17.0. The molecule has 29 heavy (non-hydrogen) atoms. The van der Waals surface area contributed by atoms with E-state index in [-0.39, 0.29) is 32.2 Å². The molecule has 10 heteroatoms. The van der Waals surface area contributed by atoms with Gasteiger partial charge in [0.25, 0.3) is 0 Å². The van der Waals surface area contributed by atoms with Gasteiger partial charge in [-0.05, 0) is 43.1 Å². The number of nitrogens with zero attached hydrogens (tertiary/aromatic N) is 1. The highest BCUT2D eigenvalue weighted by Gasteiger charge is 2.44. The van der Waals surface area contributed by atoms with Crippen LogP contribution in [0.1, 0.15) is 37.0 Å². The second-order valence-corrected chi connectivity index (χ2v) is 8.23. The van der Waals surface area contributed by atoms with E-state index >= 15 is 8.78 Å². The Morgan fingerprint density at radius 2 is 1.86 bits per heavy atom. The summed E-state index contributed by atoms with van der Waals surface area (Å²) >= 11 is 11.8. The fourth-order valence-electron chi connectivity index (χ4n) is 3.52. The van der Waals surface area contributed by atoms with Crippen LogP contribution in [0, 0.1) is 5.82 Å². The van der Waals surface area contributed by atoms with E-state index in [9.17, 15) is 14.6 Å². The molecule has 0 aliphatic carbocycles. The van der Waals surface area contributed by atoms with Gasteiger partial charge in [0.15, 0.2) is 5.67 Å². The second kappa shape index (κ2) is 7.83. The number of hydrogen-bond donors (Lipinski definition) is 2. The minimum atomic E-state index is -2.66. The highest BCUT2D eigenvalue weighted by Crippen LogP contribution is 2.37. The van der Waals surface area contributed by atoms with Crippen molar-refractivity contribution in [3.63, 3.8) is 0 Å². The van der Waals surface area contributed by atoms with Gasteiger partial charge in [-0.3, -0.25) is 0 Å². The molecule has 1 heterocycles. The van der Waals surface area contributed by atoms with Gasteiger partial charge < -0.3 is 14.9 Å². The summed E-state index contributed by atoms with van der Waals surface area (Å²) in [5, 5.41) is 22.6. The van der Waals surface area contributed by atoms with Crippen molar-refractivity contribution in [2.75, 3.05) is 6.67 Å². The lowest BCUT2D eigenvalue weighted by Gasteiger charge is -2.25. The van der Waals surface area contributed by atoms with Crippen LogP contribution in [0.4, 0.5) is 13.2 Å². The Hall–Kier alpha value is -1.74. The van der Waals surface area contributed by atoms with Crippen molar-refractivity contribution >= 4 is 41.5 Å². The number of halogens is 5. The monoisotopic (exact) mass is 445 g/mol. The van der Waals surface area contributed by atoms with Crippen LogP contribution in [0.2, 0.25) is 10.0 Å². The Morgan fingerprint density at radius 3 is 2.41 bits per heavy atom. The zero-order valence-electron chi connectivity index (χ0n) is 15.5. The molecule has 0 saturated heterocycles. The van der Waals surface area contributed by atoms with E-state index in [1.54, 1.807) is 13.8 Å². The third-order valence-electron chi connectivity index (χ3n) is 4.92. The van der Waals surface area contributed by atoms with E-state index in [1.165, 1.54) is 30.3 Å². The molecule has 154 valence electrons. The number of rotatable bonds is 5. The molecule has 1 atom stereocenters. The van der Waals surface area contributed by atoms with Crippen LogP contribution < -0.4 is 5.46 Å². The average Bonchev–Trinajstić information content (AvgIpc) is 2.88. The summed E-state index contributed by atoms with van der Waals surface area (Å²) in [6.07, 6.45) is -0.782. The number of alkyl halides is 2. The third-order valence-corrected chi connectivity index (χ3v) is 5.36. The number of fused-ring (bicyclic) bond motifs is 1. The molecular formula is C19H17BCl2F3NO3. The SMILES string of the molecule is CC1(C)OB(O)c2ccc(/C(CC(F)(CF)c3cc(Cl)cc(Cl)c3)=N/O)c(F)c21. The van der Waals surface area contributed by atoms with Crippen LogP contribution in [0.3, 0.4) is 0 Å². The molecule has 2 aromatic carbocycles. The van der Waals surface area contributed by atoms with Crippen molar-refractivity contribution in [1.82, 2.24) is 0 Å². The van der Waals surface area contributed by atoms with Crippen molar-refractivity contribution in [3.8, 4) is 0 Å². The fourth-order valence-corrected chi connectivity index (χ4v) is 4.05. The van der Waals surface area contributed by atoms with Crippen molar-refractivity contribution in [2.45, 2.75) is 31.5 Å². The highest BCUT2D eigenvalue weighted by molar-refractivity contribution is 6.62. The summed E-state index contributed by atoms with van der Waals surface area (Å²) in [4.78, 5) is 0. The fraction of sp³-hybridized carbons (Fsp3) is 0.316. The van der Waals surface area contributed by atoms with Crippen molar-refractivity contribution < 1.29 is 28.1 Å². The second-order valence-electron chi connectivity index (χ2n) is 7.35. The first-order valence-electron chi connectivity index (χ1n) is 8.64. The lowest BCUT2D eigenvalue weighted by atomic mass is 9.76. The van der Waals surface area contributed by atoms with Crippen molar-refractivity contribution in [2.24, 2.45) is 5.16 Å². The van der Waals surface area contributed by atoms with Gasteiger partial charge >= 0.3 is 7.12 Å². The molecule has 2 aromatic rings. The molecule has 1 aliphatic heterocycles. The normalized spacial score (nSPS) is 17.9. The van der Waals surface area contributed by atoms with E-state index in [0.29, 0.717) is 0 Å². The van der Waals surface area contributed by atoms with Crippen LogP contribution in [0.5, 0.6) is 0 Å². The molecule has 0 radical (unpaired) electrons. The Morgan fingerprint density at radius 1 is 1.24 bits per heavy atom. The first-order valence-corrected chi connectivity index (χ1v) is 9.39.